The highest BCUT2D eigenvalue weighted by Crippen LogP contribution is 2.04. The van der Waals surface area contributed by atoms with Gasteiger partial charge in [0.05, 0.1) is 0 Å². The van der Waals surface area contributed by atoms with Crippen LogP contribution in [-0.2, 0) is 0 Å². The fraction of sp³-hybridized carbons (Fsp3) is 0. The molecule has 0 aliphatic heterocycles. The number of hydrogen-bond acceptors (Lipinski definition) is 3. The molecule has 0 fully saturated rings. The largest absolute Gasteiger partial charge is 0.361 e. The molecule has 0 saturated carbocycles. The van der Waals surface area contributed by atoms with Crippen LogP contribution in [0.4, 0.5) is 5.69 Å². The van der Waals surface area contributed by atoms with Gasteiger partial charge >= 0.3 is 0 Å². The maximum Gasteiger partial charge on any atom is 0.187 e. The summed E-state index contributed by atoms with van der Waals surface area (Å²) in [7, 11) is 0. The van der Waals surface area contributed by atoms with Crippen molar-refractivity contribution in [3.8, 4) is 0 Å². The number of allylic oxidation sites excluding steroid dienone is 1. The summed E-state index contributed by atoms with van der Waals surface area (Å²) in [6, 6.07) is 12.8. The van der Waals surface area contributed by atoms with Crippen LogP contribution in [0.15, 0.2) is 67.1 Å². The lowest BCUT2D eigenvalue weighted by Crippen LogP contribution is -1.95. The van der Waals surface area contributed by atoms with Crippen LogP contribution in [0.3, 0.4) is 0 Å². The number of aromatic nitrogens is 1. The zero-order chi connectivity index (χ0) is 11.9. The summed E-state index contributed by atoms with van der Waals surface area (Å²) in [5.41, 5.74) is 1.58. The van der Waals surface area contributed by atoms with E-state index in [1.54, 1.807) is 30.7 Å². The second kappa shape index (κ2) is 5.61. The molecule has 84 valence electrons. The first kappa shape index (κ1) is 11.1. The summed E-state index contributed by atoms with van der Waals surface area (Å²) in [5, 5.41) is 3.00. The number of carbonyl (C=O) groups excluding carboxylic acids is 1. The molecule has 1 N–H and O–H groups in total. The van der Waals surface area contributed by atoms with E-state index < -0.39 is 0 Å². The Balaban J connectivity index is 1.96. The minimum atomic E-state index is -0.0212. The standard InChI is InChI=1S/C14H12N2O/c17-14(12-4-2-1-3-5-12)8-11-16-13-6-9-15-10-7-13/h1-11H,(H,15,16). The summed E-state index contributed by atoms with van der Waals surface area (Å²) in [6.07, 6.45) is 6.52. The predicted molar refractivity (Wildman–Crippen MR) is 67.8 cm³/mol. The first-order valence-electron chi connectivity index (χ1n) is 5.29. The number of nitrogens with zero attached hydrogens (tertiary/aromatic N) is 1. The molecule has 0 radical (unpaired) electrons. The molecule has 0 unspecified atom stereocenters. The molecule has 3 heteroatoms. The van der Waals surface area contributed by atoms with Gasteiger partial charge in [0.15, 0.2) is 5.78 Å². The van der Waals surface area contributed by atoms with Crippen LogP contribution in [0.25, 0.3) is 0 Å². The summed E-state index contributed by atoms with van der Waals surface area (Å²) in [5.74, 6) is -0.0212. The fourth-order valence-corrected chi connectivity index (χ4v) is 1.36. The van der Waals surface area contributed by atoms with Crippen molar-refractivity contribution >= 4 is 11.5 Å². The molecule has 2 rings (SSSR count). The summed E-state index contributed by atoms with van der Waals surface area (Å²) in [6.45, 7) is 0. The van der Waals surface area contributed by atoms with E-state index in [9.17, 15) is 4.79 Å². The van der Waals surface area contributed by atoms with Gasteiger partial charge in [0, 0.05) is 35.9 Å². The van der Waals surface area contributed by atoms with E-state index in [2.05, 4.69) is 10.3 Å². The second-order valence-corrected chi connectivity index (χ2v) is 3.44. The normalized spacial score (nSPS) is 10.4. The lowest BCUT2D eigenvalue weighted by Gasteiger charge is -1.98. The summed E-state index contributed by atoms with van der Waals surface area (Å²) >= 11 is 0. The first-order chi connectivity index (χ1) is 8.36. The molecule has 17 heavy (non-hydrogen) atoms. The molecule has 0 saturated heterocycles. The number of rotatable bonds is 4. The van der Waals surface area contributed by atoms with E-state index >= 15 is 0 Å². The number of carbonyl (C=O) groups is 1. The number of pyridine rings is 1. The molecule has 0 bridgehead atoms. The van der Waals surface area contributed by atoms with Gasteiger partial charge in [-0.25, -0.2) is 0 Å². The number of ketones is 1. The molecule has 0 spiro atoms. The van der Waals surface area contributed by atoms with Crippen molar-refractivity contribution in [2.45, 2.75) is 0 Å². The maximum absolute atomic E-state index is 11.7. The average molecular weight is 224 g/mol. The molecule has 0 atom stereocenters. The fourth-order valence-electron chi connectivity index (χ4n) is 1.36. The predicted octanol–water partition coefficient (Wildman–Crippen LogP) is 2.89. The van der Waals surface area contributed by atoms with Crippen LogP contribution in [0.1, 0.15) is 10.4 Å². The van der Waals surface area contributed by atoms with Crippen molar-refractivity contribution in [1.82, 2.24) is 4.98 Å². The van der Waals surface area contributed by atoms with Gasteiger partial charge in [-0.15, -0.1) is 0 Å². The van der Waals surface area contributed by atoms with Gasteiger partial charge in [-0.3, -0.25) is 9.78 Å². The molecule has 0 amide bonds. The van der Waals surface area contributed by atoms with Gasteiger partial charge < -0.3 is 5.32 Å². The van der Waals surface area contributed by atoms with Crippen molar-refractivity contribution in [3.05, 3.63) is 72.7 Å². The molecular formula is C14H12N2O. The Kier molecular flexibility index (Phi) is 3.65. The molecular weight excluding hydrogens is 212 g/mol. The van der Waals surface area contributed by atoms with E-state index in [-0.39, 0.29) is 5.78 Å². The molecule has 1 aromatic heterocycles. The maximum atomic E-state index is 11.7. The minimum Gasteiger partial charge on any atom is -0.361 e. The van der Waals surface area contributed by atoms with Gasteiger partial charge in [0.25, 0.3) is 0 Å². The van der Waals surface area contributed by atoms with Crippen molar-refractivity contribution in [3.63, 3.8) is 0 Å². The number of hydrogen-bond donors (Lipinski definition) is 1. The third kappa shape index (κ3) is 3.28. The van der Waals surface area contributed by atoms with E-state index in [0.29, 0.717) is 5.56 Å². The Bertz CT molecular complexity index is 506. The molecule has 2 aromatic rings. The third-order valence-corrected chi connectivity index (χ3v) is 2.22. The molecule has 3 nitrogen and oxygen atoms in total. The number of anilines is 1. The second-order valence-electron chi connectivity index (χ2n) is 3.44. The van der Waals surface area contributed by atoms with E-state index in [4.69, 9.17) is 0 Å². The van der Waals surface area contributed by atoms with E-state index in [1.165, 1.54) is 6.08 Å². The van der Waals surface area contributed by atoms with Crippen LogP contribution in [0.5, 0.6) is 0 Å². The van der Waals surface area contributed by atoms with Gasteiger partial charge in [0.2, 0.25) is 0 Å². The molecule has 1 aromatic carbocycles. The third-order valence-electron chi connectivity index (χ3n) is 2.22. The summed E-state index contributed by atoms with van der Waals surface area (Å²) in [4.78, 5) is 15.6. The highest BCUT2D eigenvalue weighted by molar-refractivity contribution is 6.04. The van der Waals surface area contributed by atoms with Gasteiger partial charge in [-0.2, -0.15) is 0 Å². The van der Waals surface area contributed by atoms with Crippen LogP contribution in [-0.4, -0.2) is 10.8 Å². The Hall–Kier alpha value is -2.42. The Morgan fingerprint density at radius 1 is 1.06 bits per heavy atom. The Morgan fingerprint density at radius 2 is 1.76 bits per heavy atom. The Morgan fingerprint density at radius 3 is 2.47 bits per heavy atom. The zero-order valence-electron chi connectivity index (χ0n) is 9.21. The Labute approximate surface area is 99.8 Å². The lowest BCUT2D eigenvalue weighted by atomic mass is 10.1. The zero-order valence-corrected chi connectivity index (χ0v) is 9.21. The smallest absolute Gasteiger partial charge is 0.187 e. The summed E-state index contributed by atoms with van der Waals surface area (Å²) < 4.78 is 0. The minimum absolute atomic E-state index is 0.0212. The van der Waals surface area contributed by atoms with Gasteiger partial charge in [-0.1, -0.05) is 30.3 Å². The molecule has 0 aliphatic carbocycles. The molecule has 0 aliphatic rings. The van der Waals surface area contributed by atoms with E-state index in [0.717, 1.165) is 5.69 Å². The highest BCUT2D eigenvalue weighted by atomic mass is 16.1. The van der Waals surface area contributed by atoms with Gasteiger partial charge in [-0.05, 0) is 12.1 Å². The van der Waals surface area contributed by atoms with E-state index in [1.807, 2.05) is 30.3 Å². The SMILES string of the molecule is O=C(C=CNc1ccncc1)c1ccccc1. The van der Waals surface area contributed by atoms with Crippen LogP contribution in [0.2, 0.25) is 0 Å². The van der Waals surface area contributed by atoms with Crippen LogP contribution < -0.4 is 5.32 Å². The average Bonchev–Trinajstić information content (AvgIpc) is 2.41. The van der Waals surface area contributed by atoms with Crippen molar-refractivity contribution in [2.75, 3.05) is 5.32 Å². The lowest BCUT2D eigenvalue weighted by molar-refractivity contribution is 0.104. The monoisotopic (exact) mass is 224 g/mol. The highest BCUT2D eigenvalue weighted by Gasteiger charge is 1.98. The van der Waals surface area contributed by atoms with Crippen molar-refractivity contribution in [2.24, 2.45) is 0 Å². The number of benzene rings is 1. The van der Waals surface area contributed by atoms with Gasteiger partial charge in [0.1, 0.15) is 0 Å². The number of nitrogens with one attached hydrogen (secondary N) is 1. The molecule has 1 heterocycles. The topological polar surface area (TPSA) is 42.0 Å². The van der Waals surface area contributed by atoms with Crippen molar-refractivity contribution < 1.29 is 4.79 Å². The quantitative estimate of drug-likeness (QED) is 0.641. The van der Waals surface area contributed by atoms with Crippen molar-refractivity contribution in [1.29, 1.82) is 0 Å². The van der Waals surface area contributed by atoms with Crippen LogP contribution >= 0.6 is 0 Å². The first-order valence-corrected chi connectivity index (χ1v) is 5.29. The van der Waals surface area contributed by atoms with Crippen LogP contribution in [0, 0.1) is 0 Å².